The third-order valence-electron chi connectivity index (χ3n) is 10.5. The molecule has 3 aliphatic rings. The van der Waals surface area contributed by atoms with E-state index in [4.69, 9.17) is 33.8 Å². The summed E-state index contributed by atoms with van der Waals surface area (Å²) in [7, 11) is 0. The number of imide groups is 1. The number of nitriles is 1. The van der Waals surface area contributed by atoms with Crippen molar-refractivity contribution in [2.75, 3.05) is 66.4 Å². The maximum Gasteiger partial charge on any atom is 0.419 e. The van der Waals surface area contributed by atoms with Crippen molar-refractivity contribution in [3.8, 4) is 11.8 Å². The molecule has 2 atom stereocenters. The highest BCUT2D eigenvalue weighted by Crippen LogP contribution is 2.40. The van der Waals surface area contributed by atoms with Gasteiger partial charge in [-0.25, -0.2) is 4.98 Å². The quantitative estimate of drug-likeness (QED) is 0.116. The molecule has 0 radical (unpaired) electrons. The van der Waals surface area contributed by atoms with E-state index in [1.54, 1.807) is 50.2 Å². The summed E-state index contributed by atoms with van der Waals surface area (Å²) >= 11 is 11.9. The number of benzene rings is 2. The Morgan fingerprint density at radius 3 is 2.55 bits per heavy atom. The fourth-order valence-electron chi connectivity index (χ4n) is 7.44. The van der Waals surface area contributed by atoms with Crippen LogP contribution in [0.2, 0.25) is 5.02 Å². The molecule has 0 saturated carbocycles. The number of nitrogens with zero attached hydrogens (tertiary/aromatic N) is 6. The van der Waals surface area contributed by atoms with Gasteiger partial charge in [-0.15, -0.1) is 0 Å². The van der Waals surface area contributed by atoms with Crippen LogP contribution in [0.3, 0.4) is 0 Å². The molecule has 2 aromatic carbocycles. The first-order valence-corrected chi connectivity index (χ1v) is 19.8. The van der Waals surface area contributed by atoms with Crippen LogP contribution in [0, 0.1) is 11.3 Å². The Morgan fingerprint density at radius 2 is 1.87 bits per heavy atom. The Bertz CT molecular complexity index is 2240. The molecular weight excluding hydrogens is 830 g/mol. The average molecular weight is 872 g/mol. The van der Waals surface area contributed by atoms with Gasteiger partial charge < -0.3 is 20.3 Å². The van der Waals surface area contributed by atoms with Gasteiger partial charge in [-0.3, -0.25) is 43.6 Å². The van der Waals surface area contributed by atoms with Crippen LogP contribution in [0.5, 0.6) is 5.75 Å². The van der Waals surface area contributed by atoms with Gasteiger partial charge in [0.05, 0.1) is 30.7 Å². The molecule has 1 aromatic heterocycles. The number of piperidine rings is 1. The summed E-state index contributed by atoms with van der Waals surface area (Å²) in [6, 6.07) is 11.3. The minimum Gasteiger partial charge on any atom is -0.492 e. The molecule has 4 amide bonds. The number of hydrogen-bond acceptors (Lipinski definition) is 11. The third-order valence-corrected chi connectivity index (χ3v) is 11.1. The molecule has 0 bridgehead atoms. The standard InChI is InChI=1S/C40H42ClF4N9O5S/c1-23-21-51(10-11-52(23)22-35(56)49-27-16-25(41)15-26(17-27)48-31-5-7-34(55)50-36(31)57)12-13-59-33-6-4-28(14-24(33)8-9-42)54-38(60)53(37(58)39(54,2)3)29-18-30(40(43,44)45)32(19-46)47-20-29/h4,6,14-18,20,23,31,48H,5,7-13,21-22H2,1-3H3,(H,49,56)(H,50,55,57)/t23-,31?/m1/s1. The second-order valence-electron chi connectivity index (χ2n) is 15.1. The highest BCUT2D eigenvalue weighted by atomic mass is 35.5. The number of halogens is 5. The largest absolute Gasteiger partial charge is 0.492 e. The van der Waals surface area contributed by atoms with Crippen LogP contribution in [0.4, 0.5) is 40.3 Å². The van der Waals surface area contributed by atoms with E-state index in [2.05, 4.69) is 30.7 Å². The summed E-state index contributed by atoms with van der Waals surface area (Å²) in [5, 5.41) is 17.7. The number of amides is 4. The van der Waals surface area contributed by atoms with Crippen LogP contribution in [0.25, 0.3) is 0 Å². The number of hydrogen-bond donors (Lipinski definition) is 3. The number of aryl methyl sites for hydroxylation is 1. The molecule has 1 unspecified atom stereocenters. The Morgan fingerprint density at radius 1 is 1.12 bits per heavy atom. The number of ether oxygens (including phenoxy) is 1. The molecule has 3 fully saturated rings. The number of thiocarbonyl (C=S) groups is 1. The molecule has 3 N–H and O–H groups in total. The van der Waals surface area contributed by atoms with E-state index in [1.807, 2.05) is 6.92 Å². The van der Waals surface area contributed by atoms with Crippen LogP contribution in [0.15, 0.2) is 48.7 Å². The van der Waals surface area contributed by atoms with Crippen LogP contribution in [0.1, 0.15) is 50.4 Å². The first kappa shape index (κ1) is 44.1. The topological polar surface area (TPSA) is 163 Å². The van der Waals surface area contributed by atoms with Crippen molar-refractivity contribution in [2.24, 2.45) is 0 Å². The number of rotatable bonds is 13. The normalized spacial score (nSPS) is 19.9. The van der Waals surface area contributed by atoms with Crippen LogP contribution in [-0.4, -0.2) is 107 Å². The maximum atomic E-state index is 13.8. The molecule has 6 rings (SSSR count). The predicted octanol–water partition coefficient (Wildman–Crippen LogP) is 5.29. The minimum atomic E-state index is -4.90. The third kappa shape index (κ3) is 9.78. The summed E-state index contributed by atoms with van der Waals surface area (Å²) < 4.78 is 61.2. The molecule has 3 aliphatic heterocycles. The average Bonchev–Trinajstić information content (AvgIpc) is 3.35. The van der Waals surface area contributed by atoms with Gasteiger partial charge in [-0.1, -0.05) is 11.6 Å². The van der Waals surface area contributed by atoms with Crippen LogP contribution < -0.4 is 30.5 Å². The molecule has 20 heteroatoms. The lowest BCUT2D eigenvalue weighted by molar-refractivity contribution is -0.138. The highest BCUT2D eigenvalue weighted by Gasteiger charge is 2.51. The summed E-state index contributed by atoms with van der Waals surface area (Å²) in [6.45, 7) is 7.28. The van der Waals surface area contributed by atoms with Crippen molar-refractivity contribution in [3.63, 3.8) is 0 Å². The zero-order valence-electron chi connectivity index (χ0n) is 32.9. The van der Waals surface area contributed by atoms with Crippen molar-refractivity contribution in [1.82, 2.24) is 20.1 Å². The lowest BCUT2D eigenvalue weighted by atomic mass is 10.0. The van der Waals surface area contributed by atoms with Crippen LogP contribution >= 0.6 is 23.8 Å². The lowest BCUT2D eigenvalue weighted by Crippen LogP contribution is -2.54. The maximum absolute atomic E-state index is 13.8. The second kappa shape index (κ2) is 18.1. The van der Waals surface area contributed by atoms with Gasteiger partial charge >= 0.3 is 6.18 Å². The number of piperazine rings is 1. The second-order valence-corrected chi connectivity index (χ2v) is 15.9. The van der Waals surface area contributed by atoms with Gasteiger partial charge in [0.2, 0.25) is 17.7 Å². The van der Waals surface area contributed by atoms with Crippen molar-refractivity contribution >= 4 is 75.3 Å². The van der Waals surface area contributed by atoms with Crippen molar-refractivity contribution in [1.29, 1.82) is 5.26 Å². The first-order chi connectivity index (χ1) is 28.4. The molecular formula is C40H42ClF4N9O5S. The molecule has 0 spiro atoms. The molecule has 0 aliphatic carbocycles. The fraction of sp³-hybridized carbons (Fsp3) is 0.425. The van der Waals surface area contributed by atoms with E-state index in [9.17, 15) is 36.7 Å². The summed E-state index contributed by atoms with van der Waals surface area (Å²) in [5.74, 6) is -1.18. The van der Waals surface area contributed by atoms with E-state index in [0.717, 1.165) is 11.1 Å². The Kier molecular flexibility index (Phi) is 13.3. The van der Waals surface area contributed by atoms with Gasteiger partial charge in [0.25, 0.3) is 5.91 Å². The Labute approximate surface area is 353 Å². The van der Waals surface area contributed by atoms with Crippen molar-refractivity contribution < 1.29 is 41.5 Å². The van der Waals surface area contributed by atoms with Gasteiger partial charge in [0.15, 0.2) is 10.8 Å². The first-order valence-electron chi connectivity index (χ1n) is 19.0. The lowest BCUT2D eigenvalue weighted by Gasteiger charge is -2.39. The number of aromatic nitrogens is 1. The highest BCUT2D eigenvalue weighted by molar-refractivity contribution is 7.81. The zero-order valence-corrected chi connectivity index (χ0v) is 34.4. The summed E-state index contributed by atoms with van der Waals surface area (Å²) in [6.07, 6.45) is -3.37. The molecule has 3 aromatic rings. The number of carbonyl (C=O) groups excluding carboxylic acids is 4. The van der Waals surface area contributed by atoms with E-state index in [1.165, 1.54) is 11.0 Å². The zero-order chi connectivity index (χ0) is 43.5. The van der Waals surface area contributed by atoms with Gasteiger partial charge in [-0.2, -0.15) is 18.4 Å². The number of carbonyl (C=O) groups is 4. The Balaban J connectivity index is 1.03. The smallest absolute Gasteiger partial charge is 0.419 e. The Hall–Kier alpha value is -5.42. The fourth-order valence-corrected chi connectivity index (χ4v) is 8.19. The van der Waals surface area contributed by atoms with Crippen molar-refractivity contribution in [2.45, 2.75) is 63.8 Å². The summed E-state index contributed by atoms with van der Waals surface area (Å²) in [4.78, 5) is 60.8. The van der Waals surface area contributed by atoms with Gasteiger partial charge in [0, 0.05) is 67.1 Å². The van der Waals surface area contributed by atoms with Gasteiger partial charge in [0.1, 0.15) is 30.0 Å². The molecule has 3 saturated heterocycles. The van der Waals surface area contributed by atoms with Crippen molar-refractivity contribution in [3.05, 3.63) is 70.5 Å². The number of pyridine rings is 1. The molecule has 4 heterocycles. The monoisotopic (exact) mass is 871 g/mol. The summed E-state index contributed by atoms with van der Waals surface area (Å²) in [5.41, 5.74) is -1.84. The number of nitrogens with one attached hydrogen (secondary N) is 3. The van der Waals surface area contributed by atoms with Gasteiger partial charge in [-0.05, 0) is 87.4 Å². The van der Waals surface area contributed by atoms with E-state index in [-0.39, 0.29) is 54.6 Å². The predicted molar refractivity (Wildman–Crippen MR) is 220 cm³/mol. The SMILES string of the molecule is C[C@@H]1CN(CCOc2ccc(N3C(=S)N(c4cnc(C#N)c(C(F)(F)F)c4)C(=O)C3(C)C)cc2CCF)CCN1CC(=O)Nc1cc(Cl)cc(NC2CCC(=O)NC2=O)c1. The number of anilines is 4. The van der Waals surface area contributed by atoms with E-state index >= 15 is 0 Å². The number of alkyl halides is 4. The minimum absolute atomic E-state index is 0.0129. The van der Waals surface area contributed by atoms with E-state index in [0.29, 0.717) is 72.1 Å². The molecule has 14 nitrogen and oxygen atoms in total. The molecule has 60 heavy (non-hydrogen) atoms. The van der Waals surface area contributed by atoms with E-state index < -0.39 is 47.5 Å². The van der Waals surface area contributed by atoms with Crippen LogP contribution in [-0.2, 0) is 31.8 Å². The molecule has 318 valence electrons.